The molecule has 1 unspecified atom stereocenters. The number of alkyl halides is 3. The van der Waals surface area contributed by atoms with Crippen LogP contribution in [0.4, 0.5) is 13.2 Å². The Morgan fingerprint density at radius 3 is 2.39 bits per heavy atom. The Bertz CT molecular complexity index is 229. The lowest BCUT2D eigenvalue weighted by molar-refractivity contribution is -0.139. The van der Waals surface area contributed by atoms with Crippen molar-refractivity contribution in [2.24, 2.45) is 5.41 Å². The summed E-state index contributed by atoms with van der Waals surface area (Å²) in [6.07, 6.45) is -0.499. The van der Waals surface area contributed by atoms with Crippen LogP contribution in [0, 0.1) is 5.41 Å². The predicted molar refractivity (Wildman–Crippen MR) is 67.6 cm³/mol. The van der Waals surface area contributed by atoms with Gasteiger partial charge in [0.25, 0.3) is 0 Å². The van der Waals surface area contributed by atoms with Crippen LogP contribution < -0.4 is 10.6 Å². The molecule has 0 spiro atoms. The summed E-state index contributed by atoms with van der Waals surface area (Å²) >= 11 is 0. The van der Waals surface area contributed by atoms with Gasteiger partial charge in [0, 0.05) is 12.6 Å². The van der Waals surface area contributed by atoms with Crippen molar-refractivity contribution in [2.45, 2.75) is 58.2 Å². The molecule has 1 heterocycles. The van der Waals surface area contributed by atoms with Crippen LogP contribution in [-0.2, 0) is 0 Å². The van der Waals surface area contributed by atoms with Gasteiger partial charge >= 0.3 is 6.18 Å². The van der Waals surface area contributed by atoms with E-state index in [1.54, 1.807) is 6.92 Å². The first kappa shape index (κ1) is 15.8. The third-order valence-electron chi connectivity index (χ3n) is 3.81. The van der Waals surface area contributed by atoms with Crippen molar-refractivity contribution >= 4 is 0 Å². The minimum atomic E-state index is -4.07. The zero-order chi connectivity index (χ0) is 13.6. The van der Waals surface area contributed by atoms with Gasteiger partial charge in [-0.15, -0.1) is 0 Å². The van der Waals surface area contributed by atoms with E-state index in [2.05, 4.69) is 17.6 Å². The average molecular weight is 266 g/mol. The molecule has 2 N–H and O–H groups in total. The lowest BCUT2D eigenvalue weighted by atomic mass is 9.75. The summed E-state index contributed by atoms with van der Waals surface area (Å²) in [5.74, 6) is 0. The molecule has 0 aromatic heterocycles. The molecule has 1 aliphatic heterocycles. The van der Waals surface area contributed by atoms with E-state index in [0.29, 0.717) is 6.54 Å². The Kier molecular flexibility index (Phi) is 5.92. The highest BCUT2D eigenvalue weighted by atomic mass is 19.4. The van der Waals surface area contributed by atoms with Gasteiger partial charge in [0.2, 0.25) is 0 Å². The van der Waals surface area contributed by atoms with Crippen molar-refractivity contribution in [3.8, 4) is 0 Å². The molecule has 1 atom stereocenters. The Labute approximate surface area is 108 Å². The van der Waals surface area contributed by atoms with Gasteiger partial charge in [0.1, 0.15) is 0 Å². The van der Waals surface area contributed by atoms with Crippen LogP contribution in [-0.4, -0.2) is 31.9 Å². The van der Waals surface area contributed by atoms with Gasteiger partial charge in [-0.2, -0.15) is 13.2 Å². The van der Waals surface area contributed by atoms with Crippen molar-refractivity contribution in [3.63, 3.8) is 0 Å². The summed E-state index contributed by atoms with van der Waals surface area (Å²) in [5.41, 5.74) is 0.194. The summed E-state index contributed by atoms with van der Waals surface area (Å²) in [5, 5.41) is 6.40. The molecule has 1 fully saturated rings. The van der Waals surface area contributed by atoms with E-state index >= 15 is 0 Å². The number of hydrogen-bond acceptors (Lipinski definition) is 2. The zero-order valence-electron chi connectivity index (χ0n) is 11.4. The number of hydrogen-bond donors (Lipinski definition) is 2. The van der Waals surface area contributed by atoms with E-state index < -0.39 is 18.6 Å². The maximum absolute atomic E-state index is 12.3. The van der Waals surface area contributed by atoms with Gasteiger partial charge in [-0.05, 0) is 44.7 Å². The fourth-order valence-corrected chi connectivity index (χ4v) is 2.81. The third kappa shape index (κ3) is 5.57. The molecular weight excluding hydrogens is 241 g/mol. The highest BCUT2D eigenvalue weighted by Gasteiger charge is 2.33. The second kappa shape index (κ2) is 6.75. The molecule has 0 radical (unpaired) electrons. The van der Waals surface area contributed by atoms with Gasteiger partial charge in [-0.25, -0.2) is 0 Å². The monoisotopic (exact) mass is 266 g/mol. The van der Waals surface area contributed by atoms with Gasteiger partial charge in [0.05, 0.1) is 6.42 Å². The fourth-order valence-electron chi connectivity index (χ4n) is 2.81. The van der Waals surface area contributed by atoms with Crippen LogP contribution in [0.5, 0.6) is 0 Å². The highest BCUT2D eigenvalue weighted by molar-refractivity contribution is 4.87. The van der Waals surface area contributed by atoms with E-state index in [9.17, 15) is 13.2 Å². The lowest BCUT2D eigenvalue weighted by Crippen LogP contribution is -2.45. The SMILES string of the molecule is CCCC1(CNC(C)CC(F)(F)F)CCNCC1. The summed E-state index contributed by atoms with van der Waals surface area (Å²) in [6.45, 7) is 6.43. The standard InChI is InChI=1S/C13H25F3N2/c1-3-4-12(5-7-17-8-6-12)10-18-11(2)9-13(14,15)16/h11,17-18H,3-10H2,1-2H3. The molecule has 0 saturated carbocycles. The second-order valence-electron chi connectivity index (χ2n) is 5.60. The predicted octanol–water partition coefficient (Wildman–Crippen LogP) is 3.09. The first-order valence-electron chi connectivity index (χ1n) is 6.88. The van der Waals surface area contributed by atoms with Crippen molar-refractivity contribution in [1.82, 2.24) is 10.6 Å². The molecule has 2 nitrogen and oxygen atoms in total. The van der Waals surface area contributed by atoms with Crippen LogP contribution in [0.3, 0.4) is 0 Å². The van der Waals surface area contributed by atoms with Crippen LogP contribution in [0.25, 0.3) is 0 Å². The summed E-state index contributed by atoms with van der Waals surface area (Å²) in [7, 11) is 0. The van der Waals surface area contributed by atoms with Crippen molar-refractivity contribution in [3.05, 3.63) is 0 Å². The first-order valence-corrected chi connectivity index (χ1v) is 6.88. The van der Waals surface area contributed by atoms with Crippen molar-refractivity contribution < 1.29 is 13.2 Å². The minimum Gasteiger partial charge on any atom is -0.317 e. The fraction of sp³-hybridized carbons (Fsp3) is 1.00. The number of piperidine rings is 1. The Balaban J connectivity index is 2.42. The molecule has 0 aromatic rings. The molecule has 1 rings (SSSR count). The molecule has 0 bridgehead atoms. The smallest absolute Gasteiger partial charge is 0.317 e. The van der Waals surface area contributed by atoms with Crippen molar-refractivity contribution in [1.29, 1.82) is 0 Å². The van der Waals surface area contributed by atoms with Gasteiger partial charge in [0.15, 0.2) is 0 Å². The Hall–Kier alpha value is -0.290. The van der Waals surface area contributed by atoms with E-state index in [0.717, 1.165) is 38.8 Å². The molecule has 18 heavy (non-hydrogen) atoms. The molecule has 5 heteroatoms. The van der Waals surface area contributed by atoms with Crippen LogP contribution >= 0.6 is 0 Å². The van der Waals surface area contributed by atoms with E-state index in [1.807, 2.05) is 0 Å². The Morgan fingerprint density at radius 2 is 1.89 bits per heavy atom. The summed E-state index contributed by atoms with van der Waals surface area (Å²) in [4.78, 5) is 0. The maximum atomic E-state index is 12.3. The highest BCUT2D eigenvalue weighted by Crippen LogP contribution is 2.33. The molecule has 108 valence electrons. The van der Waals surface area contributed by atoms with Gasteiger partial charge in [-0.3, -0.25) is 0 Å². The largest absolute Gasteiger partial charge is 0.390 e. The summed E-state index contributed by atoms with van der Waals surface area (Å²) in [6, 6.07) is -0.492. The number of rotatable bonds is 6. The molecule has 0 aromatic carbocycles. The third-order valence-corrected chi connectivity index (χ3v) is 3.81. The zero-order valence-corrected chi connectivity index (χ0v) is 11.4. The average Bonchev–Trinajstić information content (AvgIpc) is 2.26. The van der Waals surface area contributed by atoms with Crippen LogP contribution in [0.2, 0.25) is 0 Å². The second-order valence-corrected chi connectivity index (χ2v) is 5.60. The quantitative estimate of drug-likeness (QED) is 0.772. The van der Waals surface area contributed by atoms with Crippen LogP contribution in [0.15, 0.2) is 0 Å². The van der Waals surface area contributed by atoms with Gasteiger partial charge in [-0.1, -0.05) is 13.3 Å². The molecular formula is C13H25F3N2. The van der Waals surface area contributed by atoms with Crippen LogP contribution in [0.1, 0.15) is 46.0 Å². The first-order chi connectivity index (χ1) is 8.37. The van der Waals surface area contributed by atoms with E-state index in [4.69, 9.17) is 0 Å². The molecule has 0 amide bonds. The summed E-state index contributed by atoms with van der Waals surface area (Å²) < 4.78 is 36.8. The lowest BCUT2D eigenvalue weighted by Gasteiger charge is -2.39. The number of nitrogens with one attached hydrogen (secondary N) is 2. The normalized spacial score (nSPS) is 21.8. The van der Waals surface area contributed by atoms with E-state index in [1.165, 1.54) is 0 Å². The topological polar surface area (TPSA) is 24.1 Å². The van der Waals surface area contributed by atoms with E-state index in [-0.39, 0.29) is 5.41 Å². The number of halogens is 3. The van der Waals surface area contributed by atoms with Gasteiger partial charge < -0.3 is 10.6 Å². The minimum absolute atomic E-state index is 0.194. The van der Waals surface area contributed by atoms with Crippen molar-refractivity contribution in [2.75, 3.05) is 19.6 Å². The Morgan fingerprint density at radius 1 is 1.28 bits per heavy atom. The maximum Gasteiger partial charge on any atom is 0.390 e. The molecule has 0 aliphatic carbocycles. The molecule has 1 saturated heterocycles. The molecule has 1 aliphatic rings.